The van der Waals surface area contributed by atoms with Crippen molar-refractivity contribution in [2.45, 2.75) is 39.2 Å². The predicted octanol–water partition coefficient (Wildman–Crippen LogP) is 4.61. The molecule has 1 nitrogen and oxygen atoms in total. The zero-order chi connectivity index (χ0) is 12.8. The molecule has 18 heavy (non-hydrogen) atoms. The molecule has 0 fully saturated rings. The van der Waals surface area contributed by atoms with E-state index >= 15 is 0 Å². The van der Waals surface area contributed by atoms with Gasteiger partial charge in [-0.15, -0.1) is 0 Å². The third-order valence-electron chi connectivity index (χ3n) is 3.87. The van der Waals surface area contributed by atoms with Gasteiger partial charge in [-0.1, -0.05) is 44.2 Å². The van der Waals surface area contributed by atoms with Crippen molar-refractivity contribution >= 4 is 16.5 Å². The Bertz CT molecular complexity index is 542. The Balaban J connectivity index is 2.10. The van der Waals surface area contributed by atoms with E-state index in [0.717, 1.165) is 6.42 Å². The molecular weight excluding hydrogens is 218 g/mol. The van der Waals surface area contributed by atoms with E-state index in [0.29, 0.717) is 5.92 Å². The topological polar surface area (TPSA) is 12.0 Å². The van der Waals surface area contributed by atoms with Gasteiger partial charge in [0.2, 0.25) is 0 Å². The van der Waals surface area contributed by atoms with Gasteiger partial charge < -0.3 is 5.32 Å². The largest absolute Gasteiger partial charge is 0.379 e. The van der Waals surface area contributed by atoms with Crippen LogP contribution < -0.4 is 5.32 Å². The van der Waals surface area contributed by atoms with E-state index in [1.165, 1.54) is 28.4 Å². The lowest BCUT2D eigenvalue weighted by atomic mass is 9.80. The van der Waals surface area contributed by atoms with Crippen LogP contribution in [0.1, 0.15) is 32.8 Å². The number of nitrogens with one attached hydrogen (secondary N) is 1. The van der Waals surface area contributed by atoms with Crippen LogP contribution in [0.25, 0.3) is 10.8 Å². The minimum absolute atomic E-state index is 0.191. The molecule has 1 atom stereocenters. The van der Waals surface area contributed by atoms with E-state index in [-0.39, 0.29) is 5.54 Å². The standard InChI is InChI=1S/C17H21N/c1-12(2)10-17(3)11-14-8-4-6-13-7-5-9-15(18-17)16(13)14/h4-9,12,18H,10-11H2,1-3H3. The zero-order valence-corrected chi connectivity index (χ0v) is 11.5. The Hall–Kier alpha value is -1.50. The summed E-state index contributed by atoms with van der Waals surface area (Å²) in [6.45, 7) is 6.95. The van der Waals surface area contributed by atoms with Gasteiger partial charge in [-0.3, -0.25) is 0 Å². The Morgan fingerprint density at radius 1 is 1.17 bits per heavy atom. The van der Waals surface area contributed by atoms with Crippen molar-refractivity contribution in [1.82, 2.24) is 0 Å². The molecule has 94 valence electrons. The van der Waals surface area contributed by atoms with E-state index in [1.807, 2.05) is 0 Å². The van der Waals surface area contributed by atoms with Crippen molar-refractivity contribution in [2.24, 2.45) is 5.92 Å². The maximum atomic E-state index is 3.77. The van der Waals surface area contributed by atoms with Crippen molar-refractivity contribution in [2.75, 3.05) is 5.32 Å². The Morgan fingerprint density at radius 2 is 1.89 bits per heavy atom. The first kappa shape index (κ1) is 11.6. The van der Waals surface area contributed by atoms with Gasteiger partial charge in [0, 0.05) is 16.6 Å². The molecule has 0 amide bonds. The average molecular weight is 239 g/mol. The fourth-order valence-corrected chi connectivity index (χ4v) is 3.48. The third kappa shape index (κ3) is 1.88. The summed E-state index contributed by atoms with van der Waals surface area (Å²) >= 11 is 0. The zero-order valence-electron chi connectivity index (χ0n) is 11.5. The van der Waals surface area contributed by atoms with Gasteiger partial charge in [-0.25, -0.2) is 0 Å². The van der Waals surface area contributed by atoms with E-state index in [4.69, 9.17) is 0 Å². The maximum Gasteiger partial charge on any atom is 0.0426 e. The van der Waals surface area contributed by atoms with Crippen LogP contribution in [-0.4, -0.2) is 5.54 Å². The van der Waals surface area contributed by atoms with Crippen LogP contribution >= 0.6 is 0 Å². The van der Waals surface area contributed by atoms with E-state index in [2.05, 4.69) is 62.5 Å². The number of anilines is 1. The number of hydrogen-bond acceptors (Lipinski definition) is 1. The van der Waals surface area contributed by atoms with Crippen LogP contribution in [0.2, 0.25) is 0 Å². The first-order valence-electron chi connectivity index (χ1n) is 6.86. The quantitative estimate of drug-likeness (QED) is 0.806. The summed E-state index contributed by atoms with van der Waals surface area (Å²) in [6.07, 6.45) is 2.33. The summed E-state index contributed by atoms with van der Waals surface area (Å²) in [5.74, 6) is 0.715. The predicted molar refractivity (Wildman–Crippen MR) is 79.1 cm³/mol. The monoisotopic (exact) mass is 239 g/mol. The highest BCUT2D eigenvalue weighted by Crippen LogP contribution is 2.38. The maximum absolute atomic E-state index is 3.77. The summed E-state index contributed by atoms with van der Waals surface area (Å²) < 4.78 is 0. The highest BCUT2D eigenvalue weighted by Gasteiger charge is 2.30. The van der Waals surface area contributed by atoms with Gasteiger partial charge in [-0.05, 0) is 42.7 Å². The number of hydrogen-bond donors (Lipinski definition) is 1. The van der Waals surface area contributed by atoms with E-state index < -0.39 is 0 Å². The molecule has 1 N–H and O–H groups in total. The van der Waals surface area contributed by atoms with Crippen molar-refractivity contribution in [1.29, 1.82) is 0 Å². The molecule has 0 aliphatic carbocycles. The average Bonchev–Trinajstić information content (AvgIpc) is 2.27. The van der Waals surface area contributed by atoms with Crippen molar-refractivity contribution < 1.29 is 0 Å². The van der Waals surface area contributed by atoms with Gasteiger partial charge in [0.25, 0.3) is 0 Å². The molecule has 3 rings (SSSR count). The second kappa shape index (κ2) is 4.01. The van der Waals surface area contributed by atoms with Crippen molar-refractivity contribution in [3.05, 3.63) is 42.0 Å². The van der Waals surface area contributed by atoms with Crippen LogP contribution in [0.4, 0.5) is 5.69 Å². The summed E-state index contributed by atoms with van der Waals surface area (Å²) in [4.78, 5) is 0. The minimum Gasteiger partial charge on any atom is -0.379 e. The molecule has 0 spiro atoms. The minimum atomic E-state index is 0.191. The Morgan fingerprint density at radius 3 is 2.61 bits per heavy atom. The molecule has 1 unspecified atom stereocenters. The first-order chi connectivity index (χ1) is 8.57. The first-order valence-corrected chi connectivity index (χ1v) is 6.86. The Kier molecular flexibility index (Phi) is 2.58. The Labute approximate surface area is 109 Å². The fraction of sp³-hybridized carbons (Fsp3) is 0.412. The van der Waals surface area contributed by atoms with Crippen LogP contribution in [-0.2, 0) is 6.42 Å². The molecule has 0 saturated heterocycles. The molecule has 1 aliphatic heterocycles. The molecule has 1 heterocycles. The van der Waals surface area contributed by atoms with E-state index in [1.54, 1.807) is 0 Å². The summed E-state index contributed by atoms with van der Waals surface area (Å²) in [6, 6.07) is 13.2. The number of benzene rings is 2. The normalized spacial score (nSPS) is 22.2. The van der Waals surface area contributed by atoms with Crippen LogP contribution in [0.15, 0.2) is 36.4 Å². The second-order valence-electron chi connectivity index (χ2n) is 6.28. The van der Waals surface area contributed by atoms with Crippen LogP contribution in [0.5, 0.6) is 0 Å². The summed E-state index contributed by atoms with van der Waals surface area (Å²) in [7, 11) is 0. The molecule has 0 bridgehead atoms. The fourth-order valence-electron chi connectivity index (χ4n) is 3.48. The lowest BCUT2D eigenvalue weighted by molar-refractivity contribution is 0.395. The van der Waals surface area contributed by atoms with Crippen molar-refractivity contribution in [3.8, 4) is 0 Å². The van der Waals surface area contributed by atoms with Gasteiger partial charge >= 0.3 is 0 Å². The molecule has 1 aliphatic rings. The molecule has 2 aromatic rings. The summed E-state index contributed by atoms with van der Waals surface area (Å²) in [5, 5.41) is 6.54. The third-order valence-corrected chi connectivity index (χ3v) is 3.87. The van der Waals surface area contributed by atoms with Crippen molar-refractivity contribution in [3.63, 3.8) is 0 Å². The molecule has 0 aromatic heterocycles. The SMILES string of the molecule is CC(C)CC1(C)Cc2cccc3cccc(c23)N1. The van der Waals surface area contributed by atoms with Crippen LogP contribution in [0, 0.1) is 5.92 Å². The number of rotatable bonds is 2. The molecule has 0 radical (unpaired) electrons. The molecule has 2 aromatic carbocycles. The van der Waals surface area contributed by atoms with Gasteiger partial charge in [0.05, 0.1) is 0 Å². The smallest absolute Gasteiger partial charge is 0.0426 e. The second-order valence-corrected chi connectivity index (χ2v) is 6.28. The van der Waals surface area contributed by atoms with Gasteiger partial charge in [0.1, 0.15) is 0 Å². The molecule has 0 saturated carbocycles. The lowest BCUT2D eigenvalue weighted by Gasteiger charge is -2.38. The lowest BCUT2D eigenvalue weighted by Crippen LogP contribution is -2.40. The van der Waals surface area contributed by atoms with E-state index in [9.17, 15) is 0 Å². The molecular formula is C17H21N. The highest BCUT2D eigenvalue weighted by atomic mass is 15.0. The van der Waals surface area contributed by atoms with Gasteiger partial charge in [-0.2, -0.15) is 0 Å². The van der Waals surface area contributed by atoms with Gasteiger partial charge in [0.15, 0.2) is 0 Å². The summed E-state index contributed by atoms with van der Waals surface area (Å²) in [5.41, 5.74) is 2.99. The molecule has 1 heteroatoms. The van der Waals surface area contributed by atoms with Crippen LogP contribution in [0.3, 0.4) is 0 Å². The highest BCUT2D eigenvalue weighted by molar-refractivity contribution is 5.98.